The van der Waals surface area contributed by atoms with Crippen LogP contribution in [0.5, 0.6) is 5.75 Å². The Morgan fingerprint density at radius 3 is 2.47 bits per heavy atom. The van der Waals surface area contributed by atoms with Gasteiger partial charge in [0.25, 0.3) is 0 Å². The SMILES string of the molecule is O=CNCC(C(=O)O)c1ccc(O)cc1. The van der Waals surface area contributed by atoms with Gasteiger partial charge in [-0.25, -0.2) is 0 Å². The molecule has 0 fully saturated rings. The summed E-state index contributed by atoms with van der Waals surface area (Å²) in [6, 6.07) is 5.85. The van der Waals surface area contributed by atoms with Gasteiger partial charge < -0.3 is 15.5 Å². The summed E-state index contributed by atoms with van der Waals surface area (Å²) in [7, 11) is 0. The number of aliphatic carboxylic acids is 1. The molecule has 3 N–H and O–H groups in total. The Morgan fingerprint density at radius 1 is 1.40 bits per heavy atom. The molecule has 0 saturated heterocycles. The zero-order valence-electron chi connectivity index (χ0n) is 7.88. The molecule has 0 aliphatic rings. The van der Waals surface area contributed by atoms with Crippen LogP contribution < -0.4 is 5.32 Å². The van der Waals surface area contributed by atoms with E-state index in [0.29, 0.717) is 12.0 Å². The molecule has 15 heavy (non-hydrogen) atoms. The fraction of sp³-hybridized carbons (Fsp3) is 0.200. The minimum atomic E-state index is -1.02. The van der Waals surface area contributed by atoms with Crippen molar-refractivity contribution in [1.82, 2.24) is 5.32 Å². The Bertz CT molecular complexity index is 347. The highest BCUT2D eigenvalue weighted by Crippen LogP contribution is 2.18. The maximum atomic E-state index is 10.9. The number of benzene rings is 1. The van der Waals surface area contributed by atoms with Crippen LogP contribution in [-0.2, 0) is 9.59 Å². The molecule has 1 aromatic rings. The first-order chi connectivity index (χ1) is 7.15. The van der Waals surface area contributed by atoms with Crippen LogP contribution in [0.2, 0.25) is 0 Å². The summed E-state index contributed by atoms with van der Waals surface area (Å²) in [5, 5.41) is 20.3. The molecule has 0 bridgehead atoms. The van der Waals surface area contributed by atoms with Gasteiger partial charge in [-0.05, 0) is 17.7 Å². The van der Waals surface area contributed by atoms with Crippen molar-refractivity contribution in [2.75, 3.05) is 6.54 Å². The second-order valence-corrected chi connectivity index (χ2v) is 3.01. The molecular formula is C10H11NO4. The van der Waals surface area contributed by atoms with E-state index in [0.717, 1.165) is 0 Å². The Hall–Kier alpha value is -2.04. The van der Waals surface area contributed by atoms with Gasteiger partial charge >= 0.3 is 5.97 Å². The Labute approximate surface area is 86.4 Å². The number of hydrogen-bond acceptors (Lipinski definition) is 3. The highest BCUT2D eigenvalue weighted by Gasteiger charge is 2.18. The fourth-order valence-electron chi connectivity index (χ4n) is 1.22. The third-order valence-electron chi connectivity index (χ3n) is 2.00. The molecule has 5 heteroatoms. The van der Waals surface area contributed by atoms with Gasteiger partial charge in [0.05, 0.1) is 5.92 Å². The number of carboxylic acids is 1. The van der Waals surface area contributed by atoms with Crippen LogP contribution in [0.25, 0.3) is 0 Å². The van der Waals surface area contributed by atoms with Crippen molar-refractivity contribution in [2.45, 2.75) is 5.92 Å². The monoisotopic (exact) mass is 209 g/mol. The molecule has 1 unspecified atom stereocenters. The van der Waals surface area contributed by atoms with Crippen molar-refractivity contribution >= 4 is 12.4 Å². The molecule has 1 aromatic carbocycles. The first-order valence-electron chi connectivity index (χ1n) is 4.34. The third-order valence-corrected chi connectivity index (χ3v) is 2.00. The smallest absolute Gasteiger partial charge is 0.312 e. The van der Waals surface area contributed by atoms with Crippen LogP contribution in [0, 0.1) is 0 Å². The number of phenols is 1. The van der Waals surface area contributed by atoms with E-state index >= 15 is 0 Å². The highest BCUT2D eigenvalue weighted by atomic mass is 16.4. The van der Waals surface area contributed by atoms with Crippen molar-refractivity contribution in [3.05, 3.63) is 29.8 Å². The molecule has 5 nitrogen and oxygen atoms in total. The fourth-order valence-corrected chi connectivity index (χ4v) is 1.22. The first-order valence-corrected chi connectivity index (χ1v) is 4.34. The standard InChI is InChI=1S/C10H11NO4/c12-6-11-5-9(10(14)15)7-1-3-8(13)4-2-7/h1-4,6,9,13H,5H2,(H,11,12)(H,14,15). The average Bonchev–Trinajstić information content (AvgIpc) is 2.21. The van der Waals surface area contributed by atoms with Crippen molar-refractivity contribution in [3.63, 3.8) is 0 Å². The number of rotatable bonds is 5. The normalized spacial score (nSPS) is 11.7. The van der Waals surface area contributed by atoms with E-state index in [4.69, 9.17) is 10.2 Å². The second kappa shape index (κ2) is 4.99. The number of hydrogen-bond donors (Lipinski definition) is 3. The van der Waals surface area contributed by atoms with E-state index in [2.05, 4.69) is 5.32 Å². The van der Waals surface area contributed by atoms with Crippen LogP contribution in [0.15, 0.2) is 24.3 Å². The number of nitrogens with one attached hydrogen (secondary N) is 1. The second-order valence-electron chi connectivity index (χ2n) is 3.01. The highest BCUT2D eigenvalue weighted by molar-refractivity contribution is 5.76. The first kappa shape index (κ1) is 11.0. The van der Waals surface area contributed by atoms with Gasteiger partial charge in [-0.2, -0.15) is 0 Å². The minimum Gasteiger partial charge on any atom is -0.508 e. The van der Waals surface area contributed by atoms with Crippen LogP contribution in [0.1, 0.15) is 11.5 Å². The molecule has 0 aliphatic heterocycles. The lowest BCUT2D eigenvalue weighted by Gasteiger charge is -2.11. The molecule has 80 valence electrons. The Morgan fingerprint density at radius 2 is 2.00 bits per heavy atom. The number of phenolic OH excluding ortho intramolecular Hbond substituents is 1. The van der Waals surface area contributed by atoms with Gasteiger partial charge in [0, 0.05) is 6.54 Å². The molecule has 1 atom stereocenters. The molecule has 1 amide bonds. The van der Waals surface area contributed by atoms with Gasteiger partial charge in [0.1, 0.15) is 5.75 Å². The Balaban J connectivity index is 2.83. The summed E-state index contributed by atoms with van der Waals surface area (Å²) in [5.74, 6) is -1.74. The predicted octanol–water partition coefficient (Wildman–Crippen LogP) is 0.306. The van der Waals surface area contributed by atoms with Crippen molar-refractivity contribution < 1.29 is 19.8 Å². The zero-order valence-corrected chi connectivity index (χ0v) is 7.88. The van der Waals surface area contributed by atoms with Gasteiger partial charge in [-0.15, -0.1) is 0 Å². The topological polar surface area (TPSA) is 86.6 Å². The molecule has 0 aromatic heterocycles. The number of carbonyl (C=O) groups is 2. The number of aromatic hydroxyl groups is 1. The molecule has 0 saturated carbocycles. The van der Waals surface area contributed by atoms with E-state index in [1.807, 2.05) is 0 Å². The number of carboxylic acid groups (broad SMARTS) is 1. The summed E-state index contributed by atoms with van der Waals surface area (Å²) >= 11 is 0. The van der Waals surface area contributed by atoms with Crippen LogP contribution >= 0.6 is 0 Å². The van der Waals surface area contributed by atoms with Crippen molar-refractivity contribution in [2.24, 2.45) is 0 Å². The molecular weight excluding hydrogens is 198 g/mol. The van der Waals surface area contributed by atoms with Crippen LogP contribution in [-0.4, -0.2) is 29.1 Å². The lowest BCUT2D eigenvalue weighted by molar-refractivity contribution is -0.138. The van der Waals surface area contributed by atoms with Crippen molar-refractivity contribution in [1.29, 1.82) is 0 Å². The lowest BCUT2D eigenvalue weighted by atomic mass is 9.99. The van der Waals surface area contributed by atoms with Gasteiger partial charge in [-0.3, -0.25) is 9.59 Å². The van der Waals surface area contributed by atoms with Crippen molar-refractivity contribution in [3.8, 4) is 5.75 Å². The summed E-state index contributed by atoms with van der Waals surface area (Å²) in [4.78, 5) is 20.9. The van der Waals surface area contributed by atoms with Gasteiger partial charge in [0.2, 0.25) is 6.41 Å². The molecule has 0 radical (unpaired) electrons. The average molecular weight is 209 g/mol. The van der Waals surface area contributed by atoms with E-state index in [1.54, 1.807) is 0 Å². The largest absolute Gasteiger partial charge is 0.508 e. The van der Waals surface area contributed by atoms with E-state index in [9.17, 15) is 9.59 Å². The van der Waals surface area contributed by atoms with Crippen LogP contribution in [0.4, 0.5) is 0 Å². The molecule has 0 spiro atoms. The third kappa shape index (κ3) is 2.98. The summed E-state index contributed by atoms with van der Waals surface area (Å²) in [6.45, 7) is 0.0314. The van der Waals surface area contributed by atoms with Gasteiger partial charge in [-0.1, -0.05) is 12.1 Å². The molecule has 0 heterocycles. The quantitative estimate of drug-likeness (QED) is 0.609. The summed E-state index contributed by atoms with van der Waals surface area (Å²) in [5.41, 5.74) is 0.537. The summed E-state index contributed by atoms with van der Waals surface area (Å²) < 4.78 is 0. The Kier molecular flexibility index (Phi) is 3.68. The maximum Gasteiger partial charge on any atom is 0.312 e. The van der Waals surface area contributed by atoms with E-state index in [1.165, 1.54) is 24.3 Å². The molecule has 0 aliphatic carbocycles. The van der Waals surface area contributed by atoms with Crippen LogP contribution in [0.3, 0.4) is 0 Å². The zero-order chi connectivity index (χ0) is 11.3. The predicted molar refractivity (Wildman–Crippen MR) is 52.6 cm³/mol. The number of amides is 1. The number of carbonyl (C=O) groups excluding carboxylic acids is 1. The maximum absolute atomic E-state index is 10.9. The van der Waals surface area contributed by atoms with E-state index in [-0.39, 0.29) is 12.3 Å². The van der Waals surface area contributed by atoms with E-state index < -0.39 is 11.9 Å². The summed E-state index contributed by atoms with van der Waals surface area (Å²) in [6.07, 6.45) is 0.455. The van der Waals surface area contributed by atoms with Gasteiger partial charge in [0.15, 0.2) is 0 Å². The minimum absolute atomic E-state index is 0.0314. The lowest BCUT2D eigenvalue weighted by Crippen LogP contribution is -2.25. The molecule has 1 rings (SSSR count).